The number of aliphatic hydroxyl groups excluding tert-OH is 2. The highest BCUT2D eigenvalue weighted by Crippen LogP contribution is 2.16. The van der Waals surface area contributed by atoms with Gasteiger partial charge in [0.25, 0.3) is 0 Å². The van der Waals surface area contributed by atoms with Crippen LogP contribution < -0.4 is 5.32 Å². The van der Waals surface area contributed by atoms with Crippen molar-refractivity contribution in [2.75, 3.05) is 13.2 Å². The first-order chi connectivity index (χ1) is 29.5. The number of hydrogen-bond donors (Lipinski definition) is 3. The number of rotatable bonds is 49. The van der Waals surface area contributed by atoms with Crippen molar-refractivity contribution in [2.24, 2.45) is 0 Å². The number of aliphatic hydroxyl groups is 2. The summed E-state index contributed by atoms with van der Waals surface area (Å²) in [7, 11) is 0. The second-order valence-electron chi connectivity index (χ2n) is 18.2. The van der Waals surface area contributed by atoms with Gasteiger partial charge in [-0.25, -0.2) is 0 Å². The summed E-state index contributed by atoms with van der Waals surface area (Å²) in [5.41, 5.74) is 0. The average Bonchev–Trinajstić information content (AvgIpc) is 3.25. The molecule has 1 amide bonds. The zero-order valence-electron chi connectivity index (χ0n) is 40.2. The standard InChI is InChI=1S/C54H103NO5/c1-3-5-7-9-11-13-14-15-16-22-25-28-32-36-40-44-48-54(59)60-49-45-41-37-33-29-26-23-20-18-17-19-21-24-27-31-35-39-43-47-53(58)55-51(50-56)52(57)46-42-38-34-30-12-10-8-6-4-2/h16,19,21-22,51-52,56-57H,3-15,17-18,20,23-50H2,1-2H3,(H,55,58)/b21-19-,22-16-. The van der Waals surface area contributed by atoms with Crippen molar-refractivity contribution in [1.82, 2.24) is 5.32 Å². The van der Waals surface area contributed by atoms with Crippen molar-refractivity contribution in [1.29, 1.82) is 0 Å². The lowest BCUT2D eigenvalue weighted by Gasteiger charge is -2.22. The lowest BCUT2D eigenvalue weighted by atomic mass is 10.0. The van der Waals surface area contributed by atoms with E-state index < -0.39 is 12.1 Å². The zero-order chi connectivity index (χ0) is 43.7. The Morgan fingerprint density at radius 1 is 0.450 bits per heavy atom. The van der Waals surface area contributed by atoms with Crippen LogP contribution in [-0.4, -0.2) is 47.4 Å². The Kier molecular flexibility index (Phi) is 48.6. The number of allylic oxidation sites excluding steroid dienone is 4. The van der Waals surface area contributed by atoms with Crippen molar-refractivity contribution in [3.63, 3.8) is 0 Å². The number of amides is 1. The molecule has 0 saturated heterocycles. The quantitative estimate of drug-likeness (QED) is 0.0322. The van der Waals surface area contributed by atoms with Gasteiger partial charge in [0.1, 0.15) is 0 Å². The molecule has 0 rings (SSSR count). The first-order valence-corrected chi connectivity index (χ1v) is 26.6. The number of esters is 1. The molecule has 0 aromatic heterocycles. The third-order valence-corrected chi connectivity index (χ3v) is 12.2. The van der Waals surface area contributed by atoms with Crippen LogP contribution in [0.15, 0.2) is 24.3 Å². The van der Waals surface area contributed by atoms with Crippen molar-refractivity contribution in [3.8, 4) is 0 Å². The Morgan fingerprint density at radius 3 is 1.18 bits per heavy atom. The minimum Gasteiger partial charge on any atom is -0.466 e. The van der Waals surface area contributed by atoms with E-state index in [-0.39, 0.29) is 18.5 Å². The van der Waals surface area contributed by atoms with Crippen LogP contribution in [0.2, 0.25) is 0 Å². The summed E-state index contributed by atoms with van der Waals surface area (Å²) in [5, 5.41) is 23.1. The molecule has 0 saturated carbocycles. The largest absolute Gasteiger partial charge is 0.466 e. The SMILES string of the molecule is CCCCCCCCC/C=C\CCCCCCCC(=O)OCCCCCCCCCCC/C=C\CCCCCCCC(=O)NC(CO)C(O)CCCCCCCCCCC. The van der Waals surface area contributed by atoms with Crippen LogP contribution in [0, 0.1) is 0 Å². The summed E-state index contributed by atoms with van der Waals surface area (Å²) in [6, 6.07) is -0.549. The third kappa shape index (κ3) is 45.9. The van der Waals surface area contributed by atoms with E-state index in [2.05, 4.69) is 43.5 Å². The molecular formula is C54H103NO5. The van der Waals surface area contributed by atoms with Gasteiger partial charge in [-0.3, -0.25) is 9.59 Å². The fourth-order valence-corrected chi connectivity index (χ4v) is 8.10. The summed E-state index contributed by atoms with van der Waals surface area (Å²) in [6.07, 6.45) is 58.8. The molecule has 0 radical (unpaired) electrons. The lowest BCUT2D eigenvalue weighted by Crippen LogP contribution is -2.45. The number of hydrogen-bond acceptors (Lipinski definition) is 5. The minimum absolute atomic E-state index is 0.00481. The first kappa shape index (κ1) is 58.3. The molecule has 2 atom stereocenters. The van der Waals surface area contributed by atoms with Gasteiger partial charge in [0.05, 0.1) is 25.4 Å². The molecule has 2 unspecified atom stereocenters. The summed E-state index contributed by atoms with van der Waals surface area (Å²) in [6.45, 7) is 4.91. The predicted octanol–water partition coefficient (Wildman–Crippen LogP) is 15.9. The van der Waals surface area contributed by atoms with Gasteiger partial charge in [-0.05, 0) is 77.0 Å². The van der Waals surface area contributed by atoms with Gasteiger partial charge in [-0.2, -0.15) is 0 Å². The van der Waals surface area contributed by atoms with Gasteiger partial charge in [-0.1, -0.05) is 218 Å². The van der Waals surface area contributed by atoms with Crippen LogP contribution in [0.4, 0.5) is 0 Å². The maximum Gasteiger partial charge on any atom is 0.305 e. The zero-order valence-corrected chi connectivity index (χ0v) is 40.2. The number of carbonyl (C=O) groups excluding carboxylic acids is 2. The molecule has 60 heavy (non-hydrogen) atoms. The predicted molar refractivity (Wildman–Crippen MR) is 260 cm³/mol. The van der Waals surface area contributed by atoms with E-state index >= 15 is 0 Å². The molecule has 354 valence electrons. The number of carbonyl (C=O) groups is 2. The maximum absolute atomic E-state index is 12.4. The molecule has 6 nitrogen and oxygen atoms in total. The van der Waals surface area contributed by atoms with E-state index in [9.17, 15) is 19.8 Å². The number of unbranched alkanes of at least 4 members (excludes halogenated alkanes) is 34. The normalized spacial score (nSPS) is 12.8. The van der Waals surface area contributed by atoms with Gasteiger partial charge in [0, 0.05) is 12.8 Å². The number of nitrogens with one attached hydrogen (secondary N) is 1. The van der Waals surface area contributed by atoms with Crippen molar-refractivity contribution >= 4 is 11.9 Å². The summed E-state index contributed by atoms with van der Waals surface area (Å²) >= 11 is 0. The number of ether oxygens (including phenoxy) is 1. The van der Waals surface area contributed by atoms with E-state index in [4.69, 9.17) is 4.74 Å². The summed E-state index contributed by atoms with van der Waals surface area (Å²) in [5.74, 6) is -0.0570. The van der Waals surface area contributed by atoms with Crippen molar-refractivity contribution < 1.29 is 24.5 Å². The molecule has 0 fully saturated rings. The molecule has 6 heteroatoms. The van der Waals surface area contributed by atoms with Crippen LogP contribution in [0.1, 0.15) is 284 Å². The van der Waals surface area contributed by atoms with Gasteiger partial charge < -0.3 is 20.3 Å². The van der Waals surface area contributed by atoms with E-state index in [0.29, 0.717) is 25.9 Å². The second-order valence-corrected chi connectivity index (χ2v) is 18.2. The highest BCUT2D eigenvalue weighted by atomic mass is 16.5. The topological polar surface area (TPSA) is 95.9 Å². The van der Waals surface area contributed by atoms with Gasteiger partial charge >= 0.3 is 5.97 Å². The Balaban J connectivity index is 3.42. The van der Waals surface area contributed by atoms with E-state index in [1.807, 2.05) is 0 Å². The van der Waals surface area contributed by atoms with E-state index in [0.717, 1.165) is 57.8 Å². The van der Waals surface area contributed by atoms with Gasteiger partial charge in [0.15, 0.2) is 0 Å². The van der Waals surface area contributed by atoms with E-state index in [1.165, 1.54) is 193 Å². The van der Waals surface area contributed by atoms with Crippen LogP contribution in [0.3, 0.4) is 0 Å². The Morgan fingerprint density at radius 2 is 0.783 bits per heavy atom. The highest BCUT2D eigenvalue weighted by Gasteiger charge is 2.20. The van der Waals surface area contributed by atoms with Crippen molar-refractivity contribution in [3.05, 3.63) is 24.3 Å². The van der Waals surface area contributed by atoms with E-state index in [1.54, 1.807) is 0 Å². The molecule has 0 bridgehead atoms. The molecule has 0 aromatic carbocycles. The molecule has 0 aliphatic heterocycles. The van der Waals surface area contributed by atoms with Crippen LogP contribution in [-0.2, 0) is 14.3 Å². The molecular weight excluding hydrogens is 743 g/mol. The fourth-order valence-electron chi connectivity index (χ4n) is 8.10. The Hall–Kier alpha value is -1.66. The molecule has 0 aromatic rings. The van der Waals surface area contributed by atoms with Gasteiger partial charge in [0.2, 0.25) is 5.91 Å². The lowest BCUT2D eigenvalue weighted by molar-refractivity contribution is -0.143. The average molecular weight is 846 g/mol. The minimum atomic E-state index is -0.670. The maximum atomic E-state index is 12.4. The smallest absolute Gasteiger partial charge is 0.305 e. The molecule has 3 N–H and O–H groups in total. The van der Waals surface area contributed by atoms with Crippen molar-refractivity contribution in [2.45, 2.75) is 296 Å². The first-order valence-electron chi connectivity index (χ1n) is 26.6. The molecule has 0 aliphatic rings. The fraction of sp³-hybridized carbons (Fsp3) is 0.889. The van der Waals surface area contributed by atoms with Crippen LogP contribution in [0.5, 0.6) is 0 Å². The summed E-state index contributed by atoms with van der Waals surface area (Å²) < 4.78 is 5.47. The highest BCUT2D eigenvalue weighted by molar-refractivity contribution is 5.76. The molecule has 0 aliphatic carbocycles. The molecule has 0 spiro atoms. The molecule has 0 heterocycles. The van der Waals surface area contributed by atoms with Gasteiger partial charge in [-0.15, -0.1) is 0 Å². The van der Waals surface area contributed by atoms with Crippen LogP contribution in [0.25, 0.3) is 0 Å². The Labute approximate surface area is 373 Å². The third-order valence-electron chi connectivity index (χ3n) is 12.2. The second kappa shape index (κ2) is 50.0. The Bertz CT molecular complexity index is 935. The summed E-state index contributed by atoms with van der Waals surface area (Å²) in [4.78, 5) is 24.4. The monoisotopic (exact) mass is 846 g/mol. The van der Waals surface area contributed by atoms with Crippen LogP contribution >= 0.6 is 0 Å².